The fourth-order valence-corrected chi connectivity index (χ4v) is 6.91. The molecule has 0 aromatic carbocycles. The number of rotatable bonds is 44. The number of phosphoric acid groups is 1. The molecule has 9 heteroatoms. The van der Waals surface area contributed by atoms with Gasteiger partial charge in [-0.1, -0.05) is 198 Å². The number of allylic oxidation sites excluding steroid dienone is 25. The Balaban J connectivity index is 4.04. The van der Waals surface area contributed by atoms with Gasteiger partial charge in [0.1, 0.15) is 13.2 Å². The quantitative estimate of drug-likeness (QED) is 0.0273. The van der Waals surface area contributed by atoms with Gasteiger partial charge < -0.3 is 28.8 Å². The highest BCUT2D eigenvalue weighted by atomic mass is 31.2. The lowest BCUT2D eigenvalue weighted by Crippen LogP contribution is -2.45. The Kier molecular flexibility index (Phi) is 45.4. The van der Waals surface area contributed by atoms with Crippen LogP contribution in [0.2, 0.25) is 0 Å². The van der Waals surface area contributed by atoms with Gasteiger partial charge in [0, 0.05) is 6.42 Å². The largest absolute Gasteiger partial charge is 0.756 e. The van der Waals surface area contributed by atoms with Crippen molar-refractivity contribution in [1.82, 2.24) is 5.32 Å². The number of phosphoric ester groups is 1. The lowest BCUT2D eigenvalue weighted by Gasteiger charge is -2.29. The number of quaternary nitrogens is 1. The molecule has 0 aromatic heterocycles. The van der Waals surface area contributed by atoms with Crippen LogP contribution < -0.4 is 10.2 Å². The summed E-state index contributed by atoms with van der Waals surface area (Å²) in [6, 6.07) is -0.907. The molecule has 0 aliphatic heterocycles. The molecule has 0 fully saturated rings. The summed E-state index contributed by atoms with van der Waals surface area (Å²) in [7, 11) is 1.21. The molecule has 382 valence electrons. The van der Waals surface area contributed by atoms with Crippen LogP contribution in [0, 0.1) is 0 Å². The van der Waals surface area contributed by atoms with E-state index in [1.807, 2.05) is 27.2 Å². The first-order valence-electron chi connectivity index (χ1n) is 25.8. The van der Waals surface area contributed by atoms with Crippen molar-refractivity contribution >= 4 is 13.7 Å². The van der Waals surface area contributed by atoms with Gasteiger partial charge in [-0.15, -0.1) is 0 Å². The van der Waals surface area contributed by atoms with Gasteiger partial charge in [-0.05, 0) is 109 Å². The highest BCUT2D eigenvalue weighted by Gasteiger charge is 2.23. The Morgan fingerprint density at radius 3 is 1.29 bits per heavy atom. The second kappa shape index (κ2) is 48.2. The number of nitrogens with zero attached hydrogens (tertiary/aromatic N) is 1. The van der Waals surface area contributed by atoms with Crippen molar-refractivity contribution in [3.63, 3.8) is 0 Å². The van der Waals surface area contributed by atoms with Crippen LogP contribution in [0.3, 0.4) is 0 Å². The van der Waals surface area contributed by atoms with Gasteiger partial charge in [0.2, 0.25) is 5.91 Å². The summed E-state index contributed by atoms with van der Waals surface area (Å²) < 4.78 is 23.0. The average molecular weight is 959 g/mol. The Labute approximate surface area is 416 Å². The van der Waals surface area contributed by atoms with Gasteiger partial charge in [0.25, 0.3) is 7.82 Å². The normalized spacial score (nSPS) is 15.3. The summed E-state index contributed by atoms with van der Waals surface area (Å²) in [5.74, 6) is -0.238. The van der Waals surface area contributed by atoms with E-state index >= 15 is 0 Å². The van der Waals surface area contributed by atoms with E-state index in [2.05, 4.69) is 165 Å². The van der Waals surface area contributed by atoms with Crippen LogP contribution >= 0.6 is 7.82 Å². The molecule has 0 bridgehead atoms. The molecule has 0 saturated heterocycles. The topological polar surface area (TPSA) is 108 Å². The molecule has 3 unspecified atom stereocenters. The van der Waals surface area contributed by atoms with E-state index in [9.17, 15) is 19.4 Å². The highest BCUT2D eigenvalue weighted by molar-refractivity contribution is 7.45. The highest BCUT2D eigenvalue weighted by Crippen LogP contribution is 2.38. The third kappa shape index (κ3) is 50.0. The minimum atomic E-state index is -4.59. The van der Waals surface area contributed by atoms with E-state index in [1.165, 1.54) is 0 Å². The van der Waals surface area contributed by atoms with E-state index < -0.39 is 26.6 Å². The lowest BCUT2D eigenvalue weighted by molar-refractivity contribution is -0.870. The molecule has 0 saturated carbocycles. The van der Waals surface area contributed by atoms with Gasteiger partial charge in [0.05, 0.1) is 39.9 Å². The second-order valence-electron chi connectivity index (χ2n) is 17.8. The number of carbonyl (C=O) groups is 1. The van der Waals surface area contributed by atoms with Crippen LogP contribution in [0.25, 0.3) is 0 Å². The van der Waals surface area contributed by atoms with Crippen molar-refractivity contribution in [3.05, 3.63) is 158 Å². The number of unbranched alkanes of at least 4 members (excludes halogenated alkanes) is 7. The maximum absolute atomic E-state index is 12.8. The predicted molar refractivity (Wildman–Crippen MR) is 292 cm³/mol. The smallest absolute Gasteiger partial charge is 0.268 e. The third-order valence-electron chi connectivity index (χ3n) is 10.2. The zero-order chi connectivity index (χ0) is 49.9. The van der Waals surface area contributed by atoms with Gasteiger partial charge >= 0.3 is 0 Å². The number of nitrogens with one attached hydrogen (secondary N) is 1. The van der Waals surface area contributed by atoms with Gasteiger partial charge in [-0.3, -0.25) is 9.36 Å². The van der Waals surface area contributed by atoms with Crippen LogP contribution in [-0.4, -0.2) is 68.5 Å². The molecular formula is C59H95N2O6P. The van der Waals surface area contributed by atoms with E-state index in [0.29, 0.717) is 23.9 Å². The Hall–Kier alpha value is -3.88. The van der Waals surface area contributed by atoms with Crippen LogP contribution in [-0.2, 0) is 18.4 Å². The summed E-state index contributed by atoms with van der Waals surface area (Å²) in [5.41, 5.74) is 0. The average Bonchev–Trinajstić information content (AvgIpc) is 3.30. The van der Waals surface area contributed by atoms with Crippen molar-refractivity contribution < 1.29 is 32.9 Å². The molecule has 0 spiro atoms. The number of hydrogen-bond acceptors (Lipinski definition) is 6. The number of aliphatic hydroxyl groups excluding tert-OH is 1. The van der Waals surface area contributed by atoms with Crippen molar-refractivity contribution in [3.8, 4) is 0 Å². The molecule has 0 aliphatic carbocycles. The monoisotopic (exact) mass is 959 g/mol. The van der Waals surface area contributed by atoms with E-state index in [0.717, 1.165) is 128 Å². The predicted octanol–water partition coefficient (Wildman–Crippen LogP) is 14.9. The summed E-state index contributed by atoms with van der Waals surface area (Å²) >= 11 is 0. The van der Waals surface area contributed by atoms with Crippen molar-refractivity contribution in [2.45, 2.75) is 167 Å². The molecule has 68 heavy (non-hydrogen) atoms. The van der Waals surface area contributed by atoms with Gasteiger partial charge in [0.15, 0.2) is 0 Å². The zero-order valence-corrected chi connectivity index (χ0v) is 44.1. The van der Waals surface area contributed by atoms with Crippen molar-refractivity contribution in [1.29, 1.82) is 0 Å². The number of carbonyl (C=O) groups excluding carboxylic acids is 1. The van der Waals surface area contributed by atoms with Crippen LogP contribution in [0.15, 0.2) is 158 Å². The fourth-order valence-electron chi connectivity index (χ4n) is 6.19. The summed E-state index contributed by atoms with van der Waals surface area (Å²) in [6.45, 7) is 4.35. The van der Waals surface area contributed by atoms with Gasteiger partial charge in [-0.25, -0.2) is 0 Å². The molecule has 1 amide bonds. The second-order valence-corrected chi connectivity index (χ2v) is 19.2. The lowest BCUT2D eigenvalue weighted by atomic mass is 10.1. The number of likely N-dealkylation sites (N-methyl/N-ethyl adjacent to an activating group) is 1. The first-order chi connectivity index (χ1) is 33.0. The molecule has 0 rings (SSSR count). The van der Waals surface area contributed by atoms with E-state index in [1.54, 1.807) is 6.08 Å². The molecule has 0 heterocycles. The summed E-state index contributed by atoms with van der Waals surface area (Å²) in [5, 5.41) is 13.6. The number of aliphatic hydroxyl groups is 1. The summed E-state index contributed by atoms with van der Waals surface area (Å²) in [6.07, 6.45) is 76.6. The van der Waals surface area contributed by atoms with Crippen LogP contribution in [0.5, 0.6) is 0 Å². The van der Waals surface area contributed by atoms with Crippen LogP contribution in [0.4, 0.5) is 0 Å². The number of hydrogen-bond donors (Lipinski definition) is 2. The molecule has 0 radical (unpaired) electrons. The third-order valence-corrected chi connectivity index (χ3v) is 11.2. The maximum Gasteiger partial charge on any atom is 0.268 e. The Morgan fingerprint density at radius 2 is 0.897 bits per heavy atom. The maximum atomic E-state index is 12.8. The van der Waals surface area contributed by atoms with E-state index in [4.69, 9.17) is 9.05 Å². The SMILES string of the molecule is CC/C=C\C/C=C\C/C=C\C/C=C\C/C=C\C/C=C\C/C=C\C/C=C\C/C=C\C/C=C\C/C=C\C/C=C\CCCCCCC(=O)NC(COP(=O)([O-])OCC[N+](C)(C)C)C(O)/C=C/CCCCC. The zero-order valence-electron chi connectivity index (χ0n) is 43.2. The molecule has 0 aromatic rings. The molecule has 2 N–H and O–H groups in total. The molecular weight excluding hydrogens is 864 g/mol. The molecule has 3 atom stereocenters. The first kappa shape index (κ1) is 64.1. The number of amides is 1. The van der Waals surface area contributed by atoms with Crippen molar-refractivity contribution in [2.75, 3.05) is 40.9 Å². The first-order valence-corrected chi connectivity index (χ1v) is 27.3. The Morgan fingerprint density at radius 1 is 0.529 bits per heavy atom. The fraction of sp³-hybridized carbons (Fsp3) is 0.542. The van der Waals surface area contributed by atoms with Gasteiger partial charge in [-0.2, -0.15) is 0 Å². The minimum Gasteiger partial charge on any atom is -0.756 e. The molecule has 8 nitrogen and oxygen atoms in total. The van der Waals surface area contributed by atoms with Crippen molar-refractivity contribution in [2.24, 2.45) is 0 Å². The standard InChI is InChI=1S/C59H95N2O6P/c1-6-8-10-12-13-14-15-16-17-18-19-20-21-22-23-24-25-26-27-28-29-30-31-32-33-34-35-36-37-38-39-40-41-42-43-44-45-46-47-49-51-53-59(63)60-57(58(62)52-50-48-11-9-7-2)56-67-68(64,65)66-55-54-61(3,4)5/h8,10,13-14,16-17,19-20,22-23,25-26,28-29,31-32,34-35,37-38,40-41,43-44,50,52,57-58,62H,6-7,9,11-12,15,18,21,24,27,30,33,36,39,42,45-49,51,53-56H2,1-5H3,(H-,60,63,64,65)/b10-8-,14-13-,17-16-,20-19-,23-22-,26-25-,29-28-,32-31-,35-34-,38-37-,41-40-,44-43-,52-50+. The molecule has 0 aliphatic rings. The minimum absolute atomic E-state index is 0.0161. The summed E-state index contributed by atoms with van der Waals surface area (Å²) in [4.78, 5) is 25.1. The van der Waals surface area contributed by atoms with E-state index in [-0.39, 0.29) is 12.5 Å². The Bertz CT molecular complexity index is 1650. The van der Waals surface area contributed by atoms with Crippen LogP contribution in [0.1, 0.15) is 155 Å².